The largest absolute Gasteiger partial charge is 0.462 e. The van der Waals surface area contributed by atoms with Crippen LogP contribution in [0.3, 0.4) is 0 Å². The Morgan fingerprint density at radius 2 is 1.59 bits per heavy atom. The second-order valence-electron chi connectivity index (χ2n) is 6.76. The second-order valence-corrected chi connectivity index (χ2v) is 8.44. The number of nitrogens with one attached hydrogen (secondary N) is 1. The summed E-state index contributed by atoms with van der Waals surface area (Å²) < 4.78 is 38.0. The van der Waals surface area contributed by atoms with E-state index in [-0.39, 0.29) is 10.6 Å². The molecule has 5 N–H and O–H groups in total. The van der Waals surface area contributed by atoms with Gasteiger partial charge in [0.25, 0.3) is 10.0 Å². The molecule has 0 saturated carbocycles. The van der Waals surface area contributed by atoms with Gasteiger partial charge in [0.15, 0.2) is 0 Å². The molecule has 0 amide bonds. The molecule has 2 aromatic rings. The Balaban J connectivity index is 1.68. The van der Waals surface area contributed by atoms with E-state index < -0.39 is 47.3 Å². The van der Waals surface area contributed by atoms with Gasteiger partial charge in [0.05, 0.1) is 11.5 Å². The highest BCUT2D eigenvalue weighted by molar-refractivity contribution is 7.92. The zero-order chi connectivity index (χ0) is 21.2. The molecule has 1 heterocycles. The molecule has 2 aromatic carbocycles. The number of aliphatic hydroxyl groups excluding tert-OH is 4. The van der Waals surface area contributed by atoms with Crippen LogP contribution in [0.1, 0.15) is 5.56 Å². The van der Waals surface area contributed by atoms with Crippen molar-refractivity contribution in [3.8, 4) is 5.75 Å². The fourth-order valence-electron chi connectivity index (χ4n) is 2.83. The van der Waals surface area contributed by atoms with Crippen LogP contribution in [0.2, 0.25) is 0 Å². The molecule has 10 heteroatoms. The van der Waals surface area contributed by atoms with Crippen molar-refractivity contribution in [2.24, 2.45) is 0 Å². The molecule has 5 atom stereocenters. The van der Waals surface area contributed by atoms with E-state index in [2.05, 4.69) is 4.72 Å². The first-order valence-corrected chi connectivity index (χ1v) is 10.4. The number of anilines is 1. The maximum Gasteiger partial charge on any atom is 0.261 e. The molecule has 158 valence electrons. The molecule has 1 aliphatic heterocycles. The normalized spacial score (nSPS) is 27.4. The van der Waals surface area contributed by atoms with Gasteiger partial charge in [0.2, 0.25) is 6.29 Å². The second kappa shape index (κ2) is 8.66. The average molecular weight is 425 g/mol. The minimum absolute atomic E-state index is 0.129. The van der Waals surface area contributed by atoms with Crippen molar-refractivity contribution < 1.29 is 38.3 Å². The van der Waals surface area contributed by atoms with Crippen molar-refractivity contribution in [3.63, 3.8) is 0 Å². The first-order valence-electron chi connectivity index (χ1n) is 8.88. The first-order chi connectivity index (χ1) is 13.7. The number of sulfonamides is 1. The average Bonchev–Trinajstić information content (AvgIpc) is 2.70. The van der Waals surface area contributed by atoms with E-state index in [1.165, 1.54) is 36.4 Å². The molecule has 0 bridgehead atoms. The standard InChI is InChI=1S/C19H23NO8S/c1-11-2-8-14(9-3-11)29(25,26)20-12-4-6-13(7-5-12)27-19-18(24)17(23)16(22)15(10-21)28-19/h2-9,15-24H,10H2,1H3/t15-,16-,17+,18-,19-/m0/s1. The number of benzene rings is 2. The van der Waals surface area contributed by atoms with E-state index in [1.54, 1.807) is 12.1 Å². The van der Waals surface area contributed by atoms with Crippen LogP contribution in [0, 0.1) is 6.92 Å². The fourth-order valence-corrected chi connectivity index (χ4v) is 3.89. The lowest BCUT2D eigenvalue weighted by Gasteiger charge is -2.39. The van der Waals surface area contributed by atoms with Crippen molar-refractivity contribution in [2.45, 2.75) is 42.5 Å². The Bertz CT molecular complexity index is 914. The molecule has 29 heavy (non-hydrogen) atoms. The van der Waals surface area contributed by atoms with E-state index in [0.717, 1.165) is 5.56 Å². The highest BCUT2D eigenvalue weighted by Gasteiger charge is 2.44. The topological polar surface area (TPSA) is 146 Å². The molecule has 0 aromatic heterocycles. The van der Waals surface area contributed by atoms with Crippen LogP contribution in [0.15, 0.2) is 53.4 Å². The minimum atomic E-state index is -3.75. The van der Waals surface area contributed by atoms with Gasteiger partial charge in [0, 0.05) is 5.69 Å². The van der Waals surface area contributed by atoms with Crippen LogP contribution < -0.4 is 9.46 Å². The molecule has 3 rings (SSSR count). The Morgan fingerprint density at radius 3 is 2.17 bits per heavy atom. The quantitative estimate of drug-likeness (QED) is 0.434. The lowest BCUT2D eigenvalue weighted by molar-refractivity contribution is -0.277. The molecule has 0 aliphatic carbocycles. The van der Waals surface area contributed by atoms with E-state index in [9.17, 15) is 28.8 Å². The molecule has 0 spiro atoms. The predicted octanol–water partition coefficient (Wildman–Crippen LogP) is -0.0255. The van der Waals surface area contributed by atoms with E-state index in [0.29, 0.717) is 5.69 Å². The summed E-state index contributed by atoms with van der Waals surface area (Å²) in [6, 6.07) is 12.2. The van der Waals surface area contributed by atoms with Crippen molar-refractivity contribution in [1.29, 1.82) is 0 Å². The Kier molecular flexibility index (Phi) is 6.42. The zero-order valence-electron chi connectivity index (χ0n) is 15.5. The van der Waals surface area contributed by atoms with Crippen LogP contribution in [-0.4, -0.2) is 66.2 Å². The monoisotopic (exact) mass is 425 g/mol. The maximum atomic E-state index is 12.4. The fraction of sp³-hybridized carbons (Fsp3) is 0.368. The van der Waals surface area contributed by atoms with Gasteiger partial charge in [-0.2, -0.15) is 0 Å². The third-order valence-electron chi connectivity index (χ3n) is 4.54. The molecule has 1 aliphatic rings. The number of hydrogen-bond donors (Lipinski definition) is 5. The Labute approximate surface area is 168 Å². The number of ether oxygens (including phenoxy) is 2. The SMILES string of the molecule is Cc1ccc(S(=O)(=O)Nc2ccc(O[C@H]3O[C@@H](CO)[C@H](O)[C@@H](O)[C@@H]3O)cc2)cc1. The molecular weight excluding hydrogens is 402 g/mol. The third kappa shape index (κ3) is 4.86. The molecule has 9 nitrogen and oxygen atoms in total. The zero-order valence-corrected chi connectivity index (χ0v) is 16.4. The van der Waals surface area contributed by atoms with Crippen molar-refractivity contribution in [1.82, 2.24) is 0 Å². The van der Waals surface area contributed by atoms with Crippen LogP contribution in [0.5, 0.6) is 5.75 Å². The molecular formula is C19H23NO8S. The number of aliphatic hydroxyl groups is 4. The number of rotatable bonds is 6. The van der Waals surface area contributed by atoms with Crippen molar-refractivity contribution in [2.75, 3.05) is 11.3 Å². The van der Waals surface area contributed by atoms with Gasteiger partial charge < -0.3 is 29.9 Å². The lowest BCUT2D eigenvalue weighted by Crippen LogP contribution is -2.60. The van der Waals surface area contributed by atoms with Crippen LogP contribution in [0.25, 0.3) is 0 Å². The summed E-state index contributed by atoms with van der Waals surface area (Å²) in [4.78, 5) is 0.129. The van der Waals surface area contributed by atoms with E-state index in [1.807, 2.05) is 6.92 Å². The maximum absolute atomic E-state index is 12.4. The van der Waals surface area contributed by atoms with Gasteiger partial charge in [-0.1, -0.05) is 17.7 Å². The summed E-state index contributed by atoms with van der Waals surface area (Å²) in [6.07, 6.45) is -6.97. The minimum Gasteiger partial charge on any atom is -0.462 e. The summed E-state index contributed by atoms with van der Waals surface area (Å²) in [5.41, 5.74) is 1.24. The van der Waals surface area contributed by atoms with E-state index in [4.69, 9.17) is 9.47 Å². The van der Waals surface area contributed by atoms with Gasteiger partial charge in [-0.15, -0.1) is 0 Å². The summed E-state index contributed by atoms with van der Waals surface area (Å²) in [6.45, 7) is 1.29. The van der Waals surface area contributed by atoms with E-state index >= 15 is 0 Å². The van der Waals surface area contributed by atoms with Crippen molar-refractivity contribution >= 4 is 15.7 Å². The molecule has 1 fully saturated rings. The third-order valence-corrected chi connectivity index (χ3v) is 5.94. The van der Waals surface area contributed by atoms with Crippen LogP contribution >= 0.6 is 0 Å². The van der Waals surface area contributed by atoms with Gasteiger partial charge in [0.1, 0.15) is 30.2 Å². The highest BCUT2D eigenvalue weighted by Crippen LogP contribution is 2.26. The number of hydrogen-bond acceptors (Lipinski definition) is 8. The van der Waals surface area contributed by atoms with Gasteiger partial charge >= 0.3 is 0 Å². The molecule has 1 saturated heterocycles. The van der Waals surface area contributed by atoms with Crippen molar-refractivity contribution in [3.05, 3.63) is 54.1 Å². The number of aryl methyl sites for hydroxylation is 1. The predicted molar refractivity (Wildman–Crippen MR) is 103 cm³/mol. The molecule has 0 radical (unpaired) electrons. The summed E-state index contributed by atoms with van der Waals surface area (Å²) in [7, 11) is -3.75. The van der Waals surface area contributed by atoms with Crippen LogP contribution in [-0.2, 0) is 14.8 Å². The summed E-state index contributed by atoms with van der Waals surface area (Å²) >= 11 is 0. The summed E-state index contributed by atoms with van der Waals surface area (Å²) in [5, 5.41) is 38.8. The summed E-state index contributed by atoms with van der Waals surface area (Å²) in [5.74, 6) is 0.229. The molecule has 0 unspecified atom stereocenters. The smallest absolute Gasteiger partial charge is 0.261 e. The van der Waals surface area contributed by atoms with Gasteiger partial charge in [-0.25, -0.2) is 8.42 Å². The first kappa shape index (κ1) is 21.5. The Hall–Kier alpha value is -2.21. The highest BCUT2D eigenvalue weighted by atomic mass is 32.2. The Morgan fingerprint density at radius 1 is 0.966 bits per heavy atom. The van der Waals surface area contributed by atoms with Gasteiger partial charge in [-0.05, 0) is 43.3 Å². The lowest BCUT2D eigenvalue weighted by atomic mass is 9.99. The van der Waals surface area contributed by atoms with Crippen LogP contribution in [0.4, 0.5) is 5.69 Å². The van der Waals surface area contributed by atoms with Gasteiger partial charge in [-0.3, -0.25) is 4.72 Å².